The van der Waals surface area contributed by atoms with Gasteiger partial charge in [0.05, 0.1) is 0 Å². The van der Waals surface area contributed by atoms with Crippen LogP contribution in [0, 0.1) is 0 Å². The van der Waals surface area contributed by atoms with Crippen LogP contribution in [0.15, 0.2) is 97.1 Å². The zero-order valence-electron chi connectivity index (χ0n) is 24.1. The summed E-state index contributed by atoms with van der Waals surface area (Å²) < 4.78 is 0. The number of hydrogen-bond acceptors (Lipinski definition) is 4. The van der Waals surface area contributed by atoms with Crippen LogP contribution in [0.2, 0.25) is 0 Å². The normalized spacial score (nSPS) is 12.4. The molecule has 4 aromatic rings. The minimum atomic E-state index is -0.829. The van der Waals surface area contributed by atoms with Crippen LogP contribution in [0.4, 0.5) is 0 Å². The van der Waals surface area contributed by atoms with Crippen molar-refractivity contribution >= 4 is 28.5 Å². The van der Waals surface area contributed by atoms with Gasteiger partial charge < -0.3 is 20.4 Å². The number of benzene rings is 4. The number of rotatable bonds is 11. The third kappa shape index (κ3) is 7.18. The van der Waals surface area contributed by atoms with E-state index in [0.29, 0.717) is 24.9 Å². The van der Waals surface area contributed by atoms with Crippen molar-refractivity contribution in [2.75, 3.05) is 28.2 Å². The molecule has 7 nitrogen and oxygen atoms in total. The number of fused-ring (bicyclic) bond motifs is 1. The van der Waals surface area contributed by atoms with E-state index in [1.54, 1.807) is 27.2 Å². The summed E-state index contributed by atoms with van der Waals surface area (Å²) in [6, 6.07) is 29.6. The highest BCUT2D eigenvalue weighted by Gasteiger charge is 2.35. The Morgan fingerprint density at radius 1 is 0.659 bits per heavy atom. The van der Waals surface area contributed by atoms with E-state index in [4.69, 9.17) is 0 Å². The zero-order valence-corrected chi connectivity index (χ0v) is 24.1. The van der Waals surface area contributed by atoms with E-state index in [0.717, 1.165) is 27.5 Å². The predicted molar refractivity (Wildman–Crippen MR) is 164 cm³/mol. The van der Waals surface area contributed by atoms with Gasteiger partial charge in [-0.15, -0.1) is 0 Å². The second kappa shape index (κ2) is 13.7. The van der Waals surface area contributed by atoms with Crippen molar-refractivity contribution in [1.29, 1.82) is 0 Å². The van der Waals surface area contributed by atoms with Crippen LogP contribution >= 0.6 is 0 Å². The van der Waals surface area contributed by atoms with E-state index in [-0.39, 0.29) is 17.7 Å². The van der Waals surface area contributed by atoms with Gasteiger partial charge >= 0.3 is 0 Å². The molecule has 0 aliphatic rings. The molecule has 0 aliphatic heterocycles. The molecule has 2 N–H and O–H groups in total. The second-order valence-electron chi connectivity index (χ2n) is 10.3. The topological polar surface area (TPSA) is 81.8 Å². The van der Waals surface area contributed by atoms with Gasteiger partial charge in [-0.2, -0.15) is 0 Å². The molecule has 0 aromatic heterocycles. The smallest absolute Gasteiger partial charge is 0.254 e. The van der Waals surface area contributed by atoms with E-state index in [1.807, 2.05) is 92.0 Å². The Hall–Kier alpha value is -4.49. The fraction of sp³-hybridized carbons (Fsp3) is 0.265. The molecule has 3 amide bonds. The van der Waals surface area contributed by atoms with Gasteiger partial charge in [0.1, 0.15) is 12.1 Å². The van der Waals surface area contributed by atoms with Gasteiger partial charge in [0, 0.05) is 46.1 Å². The van der Waals surface area contributed by atoms with Gasteiger partial charge in [0.2, 0.25) is 11.8 Å². The largest absolute Gasteiger partial charge is 0.357 e. The lowest BCUT2D eigenvalue weighted by molar-refractivity contribution is -0.142. The van der Waals surface area contributed by atoms with Crippen LogP contribution in [-0.4, -0.2) is 67.8 Å². The maximum Gasteiger partial charge on any atom is 0.254 e. The number of hydrogen-bond donors (Lipinski definition) is 2. The molecule has 0 saturated heterocycles. The Kier molecular flexibility index (Phi) is 9.87. The summed E-state index contributed by atoms with van der Waals surface area (Å²) in [5, 5.41) is 7.98. The fourth-order valence-electron chi connectivity index (χ4n) is 5.14. The van der Waals surface area contributed by atoms with Crippen molar-refractivity contribution < 1.29 is 14.4 Å². The van der Waals surface area contributed by atoms with E-state index in [2.05, 4.69) is 16.7 Å². The fourth-order valence-corrected chi connectivity index (χ4v) is 5.14. The number of nitrogens with one attached hydrogen (secondary N) is 2. The van der Waals surface area contributed by atoms with Crippen molar-refractivity contribution in [2.24, 2.45) is 0 Å². The molecule has 0 saturated carbocycles. The molecule has 0 bridgehead atoms. The average Bonchev–Trinajstić information content (AvgIpc) is 3.01. The summed E-state index contributed by atoms with van der Waals surface area (Å²) >= 11 is 0. The van der Waals surface area contributed by atoms with Gasteiger partial charge in [0.25, 0.3) is 5.91 Å². The molecule has 4 rings (SSSR count). The zero-order chi connectivity index (χ0) is 29.4. The van der Waals surface area contributed by atoms with Gasteiger partial charge in [-0.3, -0.25) is 14.4 Å². The van der Waals surface area contributed by atoms with Crippen molar-refractivity contribution in [3.8, 4) is 0 Å². The predicted octanol–water partition coefficient (Wildman–Crippen LogP) is 4.06. The monoisotopic (exact) mass is 550 g/mol. The van der Waals surface area contributed by atoms with Crippen molar-refractivity contribution in [1.82, 2.24) is 20.4 Å². The van der Waals surface area contributed by atoms with Crippen LogP contribution in [0.5, 0.6) is 0 Å². The number of carbonyl (C=O) groups excluding carboxylic acids is 3. The van der Waals surface area contributed by atoms with E-state index in [1.165, 1.54) is 9.80 Å². The molecule has 2 atom stereocenters. The highest BCUT2D eigenvalue weighted by molar-refractivity contribution is 5.98. The lowest BCUT2D eigenvalue weighted by Gasteiger charge is -2.34. The second-order valence-corrected chi connectivity index (χ2v) is 10.3. The third-order valence-electron chi connectivity index (χ3n) is 7.51. The van der Waals surface area contributed by atoms with E-state index >= 15 is 0 Å². The maximum atomic E-state index is 14.3. The number of likely N-dealkylation sites (N-methyl/N-ethyl adjacent to an activating group) is 3. The van der Waals surface area contributed by atoms with Crippen molar-refractivity contribution in [3.05, 3.63) is 119 Å². The van der Waals surface area contributed by atoms with Gasteiger partial charge in [-0.1, -0.05) is 84.9 Å². The molecule has 0 spiro atoms. The number of nitrogens with zero attached hydrogens (tertiary/aromatic N) is 2. The standard InChI is InChI=1S/C34H38N4O3/c1-35-23-26-13-10-16-29(20-26)33(40)38(4)31(22-25-17-18-27-14-8-9-15-28(27)19-25)34(41)37(3)30(32(39)36-2)21-24-11-6-5-7-12-24/h5-20,30-31,35H,21-23H2,1-4H3,(H,36,39)/t30-,31+/m1/s1. The van der Waals surface area contributed by atoms with Crippen LogP contribution in [-0.2, 0) is 29.0 Å². The molecule has 0 aliphatic carbocycles. The Morgan fingerprint density at radius 3 is 2.02 bits per heavy atom. The van der Waals surface area contributed by atoms with Gasteiger partial charge in [-0.05, 0) is 46.6 Å². The minimum absolute atomic E-state index is 0.255. The molecule has 0 fully saturated rings. The number of carbonyl (C=O) groups is 3. The first-order chi connectivity index (χ1) is 19.8. The Morgan fingerprint density at radius 2 is 1.32 bits per heavy atom. The van der Waals surface area contributed by atoms with E-state index < -0.39 is 12.1 Å². The molecule has 0 unspecified atom stereocenters. The van der Waals surface area contributed by atoms with Crippen molar-refractivity contribution in [3.63, 3.8) is 0 Å². The molecule has 212 valence electrons. The summed E-state index contributed by atoms with van der Waals surface area (Å²) in [5.74, 6) is -0.817. The van der Waals surface area contributed by atoms with Crippen LogP contribution in [0.1, 0.15) is 27.0 Å². The molecule has 0 radical (unpaired) electrons. The van der Waals surface area contributed by atoms with Crippen LogP contribution in [0.25, 0.3) is 10.8 Å². The Bertz CT molecular complexity index is 1500. The number of amides is 3. The minimum Gasteiger partial charge on any atom is -0.357 e. The van der Waals surface area contributed by atoms with Crippen LogP contribution in [0.3, 0.4) is 0 Å². The Labute approximate surface area is 242 Å². The van der Waals surface area contributed by atoms with Crippen LogP contribution < -0.4 is 10.6 Å². The first kappa shape index (κ1) is 29.5. The molecular weight excluding hydrogens is 512 g/mol. The maximum absolute atomic E-state index is 14.3. The lowest BCUT2D eigenvalue weighted by atomic mass is 9.98. The summed E-state index contributed by atoms with van der Waals surface area (Å²) in [5.41, 5.74) is 3.35. The quantitative estimate of drug-likeness (QED) is 0.295. The lowest BCUT2D eigenvalue weighted by Crippen LogP contribution is -2.55. The molecule has 4 aromatic carbocycles. The molecule has 7 heteroatoms. The first-order valence-corrected chi connectivity index (χ1v) is 13.8. The Balaban J connectivity index is 1.69. The van der Waals surface area contributed by atoms with Gasteiger partial charge in [0.15, 0.2) is 0 Å². The average molecular weight is 551 g/mol. The first-order valence-electron chi connectivity index (χ1n) is 13.8. The highest BCUT2D eigenvalue weighted by Crippen LogP contribution is 2.21. The molecule has 0 heterocycles. The van der Waals surface area contributed by atoms with E-state index in [9.17, 15) is 14.4 Å². The SMILES string of the molecule is CNCc1cccc(C(=O)N(C)[C@@H](Cc2ccc3ccccc3c2)C(=O)N(C)[C@H](Cc2ccccc2)C(=O)NC)c1. The summed E-state index contributed by atoms with van der Waals surface area (Å²) in [6.45, 7) is 0.625. The molecular formula is C34H38N4O3. The van der Waals surface area contributed by atoms with Crippen molar-refractivity contribution in [2.45, 2.75) is 31.5 Å². The summed E-state index contributed by atoms with van der Waals surface area (Å²) in [7, 11) is 6.73. The highest BCUT2D eigenvalue weighted by atomic mass is 16.2. The summed E-state index contributed by atoms with van der Waals surface area (Å²) in [4.78, 5) is 44.0. The van der Waals surface area contributed by atoms with Gasteiger partial charge in [-0.25, -0.2) is 0 Å². The molecule has 41 heavy (non-hydrogen) atoms. The third-order valence-corrected chi connectivity index (χ3v) is 7.51. The summed E-state index contributed by atoms with van der Waals surface area (Å²) in [6.07, 6.45) is 0.660.